The Kier molecular flexibility index (Phi) is 4.06. The molecule has 1 fully saturated rings. The summed E-state index contributed by atoms with van der Waals surface area (Å²) in [6.07, 6.45) is 4.67. The molecule has 2 aliphatic rings. The minimum absolute atomic E-state index is 0.125. The maximum atomic E-state index is 12.8. The number of fused-ring (bicyclic) bond motifs is 1. The molecule has 0 aromatic heterocycles. The molecule has 0 aliphatic carbocycles. The largest absolute Gasteiger partial charge is 0.341 e. The van der Waals surface area contributed by atoms with Crippen LogP contribution in [-0.4, -0.2) is 30.4 Å². The first-order valence-corrected chi connectivity index (χ1v) is 7.89. The fraction of sp³-hybridized carbons (Fsp3) is 0.588. The Bertz CT molecular complexity index is 486. The first-order valence-electron chi connectivity index (χ1n) is 7.89. The summed E-state index contributed by atoms with van der Waals surface area (Å²) in [6, 6.07) is 8.24. The summed E-state index contributed by atoms with van der Waals surface area (Å²) < 4.78 is 0. The van der Waals surface area contributed by atoms with Gasteiger partial charge in [-0.15, -0.1) is 0 Å². The second kappa shape index (κ2) is 5.96. The van der Waals surface area contributed by atoms with E-state index >= 15 is 0 Å². The van der Waals surface area contributed by atoms with E-state index in [1.54, 1.807) is 0 Å². The van der Waals surface area contributed by atoms with Gasteiger partial charge in [0.1, 0.15) is 6.04 Å². The lowest BCUT2D eigenvalue weighted by Crippen LogP contribution is -2.43. The Balaban J connectivity index is 1.73. The highest BCUT2D eigenvalue weighted by atomic mass is 16.2. The average Bonchev–Trinajstić information content (AvgIpc) is 2.95. The number of benzene rings is 1. The van der Waals surface area contributed by atoms with Gasteiger partial charge in [-0.3, -0.25) is 4.79 Å². The summed E-state index contributed by atoms with van der Waals surface area (Å²) in [5.74, 6) is 0.985. The summed E-state index contributed by atoms with van der Waals surface area (Å²) in [6.45, 7) is 5.01. The fourth-order valence-corrected chi connectivity index (χ4v) is 3.58. The van der Waals surface area contributed by atoms with E-state index in [0.717, 1.165) is 26.1 Å². The lowest BCUT2D eigenvalue weighted by molar-refractivity contribution is -0.132. The molecule has 1 saturated heterocycles. The van der Waals surface area contributed by atoms with Crippen molar-refractivity contribution in [1.29, 1.82) is 0 Å². The molecule has 1 amide bonds. The molecule has 3 heteroatoms. The van der Waals surface area contributed by atoms with Gasteiger partial charge in [-0.1, -0.05) is 37.6 Å². The van der Waals surface area contributed by atoms with E-state index in [-0.39, 0.29) is 11.9 Å². The molecule has 0 spiro atoms. The van der Waals surface area contributed by atoms with Crippen molar-refractivity contribution < 1.29 is 4.79 Å². The van der Waals surface area contributed by atoms with Crippen LogP contribution in [0.4, 0.5) is 0 Å². The van der Waals surface area contributed by atoms with E-state index < -0.39 is 0 Å². The number of hydrogen-bond donors (Lipinski definition) is 1. The number of carbonyl (C=O) groups is 1. The molecule has 2 atom stereocenters. The molecule has 0 bridgehead atoms. The van der Waals surface area contributed by atoms with Gasteiger partial charge in [-0.25, -0.2) is 0 Å². The first-order chi connectivity index (χ1) is 9.79. The molecule has 0 saturated carbocycles. The quantitative estimate of drug-likeness (QED) is 0.917. The lowest BCUT2D eigenvalue weighted by Gasteiger charge is -2.29. The zero-order chi connectivity index (χ0) is 13.9. The summed E-state index contributed by atoms with van der Waals surface area (Å²) in [4.78, 5) is 14.8. The van der Waals surface area contributed by atoms with Crippen molar-refractivity contribution >= 4 is 5.91 Å². The van der Waals surface area contributed by atoms with Gasteiger partial charge in [0.2, 0.25) is 5.91 Å². The van der Waals surface area contributed by atoms with Crippen LogP contribution in [-0.2, 0) is 11.2 Å². The minimum atomic E-state index is -0.125. The molecule has 1 aromatic rings. The van der Waals surface area contributed by atoms with Crippen molar-refractivity contribution in [3.8, 4) is 0 Å². The number of amides is 1. The van der Waals surface area contributed by atoms with Crippen LogP contribution in [0.5, 0.6) is 0 Å². The fourth-order valence-electron chi connectivity index (χ4n) is 3.58. The number of hydrogen-bond acceptors (Lipinski definition) is 2. The van der Waals surface area contributed by atoms with Gasteiger partial charge in [-0.05, 0) is 36.3 Å². The zero-order valence-electron chi connectivity index (χ0n) is 12.3. The third-order valence-corrected chi connectivity index (χ3v) is 4.65. The molecule has 20 heavy (non-hydrogen) atoms. The van der Waals surface area contributed by atoms with Crippen LogP contribution in [0, 0.1) is 5.92 Å². The Hall–Kier alpha value is -1.35. The second-order valence-electron chi connectivity index (χ2n) is 6.06. The van der Waals surface area contributed by atoms with Crippen molar-refractivity contribution in [2.24, 2.45) is 5.92 Å². The molecule has 0 radical (unpaired) electrons. The van der Waals surface area contributed by atoms with Crippen LogP contribution in [0.2, 0.25) is 0 Å². The Morgan fingerprint density at radius 2 is 2.25 bits per heavy atom. The summed E-state index contributed by atoms with van der Waals surface area (Å²) in [5.41, 5.74) is 2.51. The molecular formula is C17H24N2O. The molecule has 2 heterocycles. The Labute approximate surface area is 121 Å². The Morgan fingerprint density at radius 3 is 3.10 bits per heavy atom. The zero-order valence-corrected chi connectivity index (χ0v) is 12.3. The van der Waals surface area contributed by atoms with Crippen molar-refractivity contribution in [2.75, 3.05) is 19.6 Å². The first kappa shape index (κ1) is 13.6. The van der Waals surface area contributed by atoms with E-state index in [4.69, 9.17) is 0 Å². The van der Waals surface area contributed by atoms with Crippen LogP contribution < -0.4 is 5.32 Å². The molecular weight excluding hydrogens is 248 g/mol. The summed E-state index contributed by atoms with van der Waals surface area (Å²) in [5, 5.41) is 3.41. The number of carbonyl (C=O) groups excluding carboxylic acids is 1. The monoisotopic (exact) mass is 272 g/mol. The highest BCUT2D eigenvalue weighted by Crippen LogP contribution is 2.28. The van der Waals surface area contributed by atoms with E-state index in [1.807, 2.05) is 6.07 Å². The molecule has 2 aliphatic heterocycles. The highest BCUT2D eigenvalue weighted by molar-refractivity contribution is 5.84. The maximum absolute atomic E-state index is 12.8. The van der Waals surface area contributed by atoms with Crippen molar-refractivity contribution in [3.05, 3.63) is 35.4 Å². The molecule has 2 unspecified atom stereocenters. The van der Waals surface area contributed by atoms with Gasteiger partial charge in [0.05, 0.1) is 0 Å². The van der Waals surface area contributed by atoms with Crippen LogP contribution in [0.3, 0.4) is 0 Å². The maximum Gasteiger partial charge on any atom is 0.244 e. The van der Waals surface area contributed by atoms with E-state index in [0.29, 0.717) is 5.92 Å². The van der Waals surface area contributed by atoms with Gasteiger partial charge in [0.25, 0.3) is 0 Å². The minimum Gasteiger partial charge on any atom is -0.341 e. The normalized spacial score (nSPS) is 25.6. The third kappa shape index (κ3) is 2.59. The van der Waals surface area contributed by atoms with Gasteiger partial charge in [0, 0.05) is 19.6 Å². The smallest absolute Gasteiger partial charge is 0.244 e. The van der Waals surface area contributed by atoms with Crippen LogP contribution >= 0.6 is 0 Å². The highest BCUT2D eigenvalue weighted by Gasteiger charge is 2.33. The van der Waals surface area contributed by atoms with E-state index in [2.05, 4.69) is 35.3 Å². The topological polar surface area (TPSA) is 32.3 Å². The second-order valence-corrected chi connectivity index (χ2v) is 6.06. The lowest BCUT2D eigenvalue weighted by atomic mass is 9.93. The van der Waals surface area contributed by atoms with E-state index in [1.165, 1.54) is 30.4 Å². The Morgan fingerprint density at radius 1 is 1.40 bits per heavy atom. The molecule has 3 rings (SSSR count). The van der Waals surface area contributed by atoms with Crippen LogP contribution in [0.25, 0.3) is 0 Å². The molecule has 1 aromatic carbocycles. The SMILES string of the molecule is CCCC1CCN(C(=O)C2NCCc3ccccc32)C1. The van der Waals surface area contributed by atoms with Crippen molar-refractivity contribution in [3.63, 3.8) is 0 Å². The van der Waals surface area contributed by atoms with Gasteiger partial charge in [-0.2, -0.15) is 0 Å². The summed E-state index contributed by atoms with van der Waals surface area (Å²) >= 11 is 0. The number of nitrogens with zero attached hydrogens (tertiary/aromatic N) is 1. The third-order valence-electron chi connectivity index (χ3n) is 4.65. The molecule has 108 valence electrons. The number of likely N-dealkylation sites (tertiary alicyclic amines) is 1. The molecule has 3 nitrogen and oxygen atoms in total. The standard InChI is InChI=1S/C17H24N2O/c1-2-5-13-9-11-19(12-13)17(20)16-15-7-4-3-6-14(15)8-10-18-16/h3-4,6-7,13,16,18H,2,5,8-12H2,1H3. The van der Waals surface area contributed by atoms with Gasteiger partial charge >= 0.3 is 0 Å². The number of rotatable bonds is 3. The average molecular weight is 272 g/mol. The molecule has 1 N–H and O–H groups in total. The summed E-state index contributed by atoms with van der Waals surface area (Å²) in [7, 11) is 0. The van der Waals surface area contributed by atoms with Crippen LogP contribution in [0.15, 0.2) is 24.3 Å². The predicted octanol–water partition coefficient (Wildman–Crippen LogP) is 2.52. The van der Waals surface area contributed by atoms with Gasteiger partial charge in [0.15, 0.2) is 0 Å². The van der Waals surface area contributed by atoms with Gasteiger partial charge < -0.3 is 10.2 Å². The van der Waals surface area contributed by atoms with Crippen LogP contribution in [0.1, 0.15) is 43.4 Å². The number of nitrogens with one attached hydrogen (secondary N) is 1. The van der Waals surface area contributed by atoms with E-state index in [9.17, 15) is 4.79 Å². The van der Waals surface area contributed by atoms with Crippen molar-refractivity contribution in [1.82, 2.24) is 10.2 Å². The van der Waals surface area contributed by atoms with Crippen molar-refractivity contribution in [2.45, 2.75) is 38.6 Å². The predicted molar refractivity (Wildman–Crippen MR) is 80.5 cm³/mol.